The summed E-state index contributed by atoms with van der Waals surface area (Å²) in [5.41, 5.74) is 1.81. The Morgan fingerprint density at radius 2 is 2.20 bits per heavy atom. The Morgan fingerprint density at radius 3 is 3.00 bits per heavy atom. The minimum Gasteiger partial charge on any atom is -0.383 e. The molecule has 0 spiro atoms. The van der Waals surface area contributed by atoms with Gasteiger partial charge < -0.3 is 10.1 Å². The fourth-order valence-corrected chi connectivity index (χ4v) is 2.38. The van der Waals surface area contributed by atoms with Crippen molar-refractivity contribution in [3.8, 4) is 0 Å². The van der Waals surface area contributed by atoms with Gasteiger partial charge in [0.1, 0.15) is 6.54 Å². The second-order valence-corrected chi connectivity index (χ2v) is 5.02. The normalized spacial score (nSPS) is 14.4. The Balaban J connectivity index is 2.06. The van der Waals surface area contributed by atoms with Gasteiger partial charge >= 0.3 is 0 Å². The molecule has 1 N–H and O–H groups in total. The number of aryl methyl sites for hydroxylation is 2. The van der Waals surface area contributed by atoms with E-state index in [4.69, 9.17) is 4.74 Å². The van der Waals surface area contributed by atoms with E-state index in [-0.39, 0.29) is 18.0 Å². The summed E-state index contributed by atoms with van der Waals surface area (Å²) in [5.74, 6) is -0.217. The van der Waals surface area contributed by atoms with Gasteiger partial charge in [0.05, 0.1) is 12.3 Å². The van der Waals surface area contributed by atoms with Gasteiger partial charge in [0.25, 0.3) is 5.56 Å². The van der Waals surface area contributed by atoms with E-state index >= 15 is 0 Å². The molecular formula is C14H21N3O3. The zero-order valence-electron chi connectivity index (χ0n) is 11.9. The molecule has 0 fully saturated rings. The minimum atomic E-state index is -0.217. The number of fused-ring (bicyclic) bond motifs is 1. The molecule has 1 aliphatic rings. The lowest BCUT2D eigenvalue weighted by molar-refractivity contribution is -0.122. The number of amides is 1. The number of carbonyl (C=O) groups is 1. The van der Waals surface area contributed by atoms with E-state index < -0.39 is 0 Å². The molecule has 0 aromatic carbocycles. The molecule has 1 aliphatic carbocycles. The van der Waals surface area contributed by atoms with Crippen molar-refractivity contribution >= 4 is 5.91 Å². The molecule has 0 bridgehead atoms. The Hall–Kier alpha value is -1.69. The maximum atomic E-state index is 12.0. The second-order valence-electron chi connectivity index (χ2n) is 5.02. The molecule has 1 heterocycles. The molecule has 1 amide bonds. The van der Waals surface area contributed by atoms with Crippen LogP contribution in [-0.2, 0) is 28.9 Å². The van der Waals surface area contributed by atoms with Crippen molar-refractivity contribution in [2.45, 2.75) is 38.6 Å². The molecule has 0 aliphatic heterocycles. The molecule has 20 heavy (non-hydrogen) atoms. The van der Waals surface area contributed by atoms with Crippen LogP contribution in [0.15, 0.2) is 10.9 Å². The van der Waals surface area contributed by atoms with Crippen molar-refractivity contribution < 1.29 is 9.53 Å². The highest BCUT2D eigenvalue weighted by Gasteiger charge is 2.13. The maximum Gasteiger partial charge on any atom is 0.267 e. The third kappa shape index (κ3) is 3.90. The average Bonchev–Trinajstić information content (AvgIpc) is 2.64. The number of aromatic nitrogens is 2. The third-order valence-corrected chi connectivity index (χ3v) is 3.45. The van der Waals surface area contributed by atoms with Gasteiger partial charge in [-0.2, -0.15) is 5.10 Å². The molecule has 2 rings (SSSR count). The highest BCUT2D eigenvalue weighted by molar-refractivity contribution is 5.75. The van der Waals surface area contributed by atoms with Crippen molar-refractivity contribution in [2.75, 3.05) is 20.3 Å². The predicted octanol–water partition coefficient (Wildman–Crippen LogP) is 0.275. The van der Waals surface area contributed by atoms with Gasteiger partial charge in [-0.05, 0) is 31.2 Å². The Morgan fingerprint density at radius 1 is 1.40 bits per heavy atom. The SMILES string of the molecule is COCCNC(=O)Cn1nc2c(cc1=O)CCCCC2. The number of nitrogens with one attached hydrogen (secondary N) is 1. The van der Waals surface area contributed by atoms with Crippen molar-refractivity contribution in [3.05, 3.63) is 27.7 Å². The zero-order chi connectivity index (χ0) is 14.4. The molecule has 6 heteroatoms. The van der Waals surface area contributed by atoms with E-state index in [9.17, 15) is 9.59 Å². The molecule has 1 aromatic rings. The number of carbonyl (C=O) groups excluding carboxylic acids is 1. The molecule has 0 atom stereocenters. The van der Waals surface area contributed by atoms with Gasteiger partial charge in [-0.15, -0.1) is 0 Å². The minimum absolute atomic E-state index is 0.0319. The monoisotopic (exact) mass is 279 g/mol. The molecule has 0 radical (unpaired) electrons. The van der Waals surface area contributed by atoms with Crippen LogP contribution < -0.4 is 10.9 Å². The summed E-state index contributed by atoms with van der Waals surface area (Å²) in [7, 11) is 1.57. The summed E-state index contributed by atoms with van der Waals surface area (Å²) in [6.45, 7) is 0.864. The average molecular weight is 279 g/mol. The van der Waals surface area contributed by atoms with E-state index in [0.717, 1.165) is 36.9 Å². The Labute approximate surface area is 118 Å². The Bertz CT molecular complexity index is 525. The molecule has 110 valence electrons. The van der Waals surface area contributed by atoms with Gasteiger partial charge in [0.15, 0.2) is 0 Å². The van der Waals surface area contributed by atoms with Crippen LogP contribution in [0.2, 0.25) is 0 Å². The quantitative estimate of drug-likeness (QED) is 0.620. The van der Waals surface area contributed by atoms with Crippen LogP contribution in [0, 0.1) is 0 Å². The van der Waals surface area contributed by atoms with Crippen LogP contribution in [-0.4, -0.2) is 35.9 Å². The summed E-state index contributed by atoms with van der Waals surface area (Å²) in [5, 5.41) is 7.04. The summed E-state index contributed by atoms with van der Waals surface area (Å²) in [6.07, 6.45) is 5.18. The van der Waals surface area contributed by atoms with Crippen LogP contribution in [0.25, 0.3) is 0 Å². The predicted molar refractivity (Wildman–Crippen MR) is 74.6 cm³/mol. The fourth-order valence-electron chi connectivity index (χ4n) is 2.38. The van der Waals surface area contributed by atoms with Crippen molar-refractivity contribution in [1.29, 1.82) is 0 Å². The van der Waals surface area contributed by atoms with Gasteiger partial charge in [-0.25, -0.2) is 4.68 Å². The highest BCUT2D eigenvalue weighted by Crippen LogP contribution is 2.16. The first-order valence-electron chi connectivity index (χ1n) is 7.06. The van der Waals surface area contributed by atoms with Crippen LogP contribution in [0.3, 0.4) is 0 Å². The van der Waals surface area contributed by atoms with E-state index in [1.54, 1.807) is 13.2 Å². The highest BCUT2D eigenvalue weighted by atomic mass is 16.5. The standard InChI is InChI=1S/C14H21N3O3/c1-20-8-7-15-13(18)10-17-14(19)9-11-5-3-2-4-6-12(11)16-17/h9H,2-8,10H2,1H3,(H,15,18). The molecule has 6 nitrogen and oxygen atoms in total. The lowest BCUT2D eigenvalue weighted by Crippen LogP contribution is -2.35. The first-order chi connectivity index (χ1) is 9.70. The van der Waals surface area contributed by atoms with Gasteiger partial charge in [-0.3, -0.25) is 9.59 Å². The lowest BCUT2D eigenvalue weighted by atomic mass is 10.1. The number of hydrogen-bond donors (Lipinski definition) is 1. The molecule has 0 saturated heterocycles. The van der Waals surface area contributed by atoms with Gasteiger partial charge in [0, 0.05) is 19.7 Å². The van der Waals surface area contributed by atoms with E-state index in [0.29, 0.717) is 13.2 Å². The summed E-state index contributed by atoms with van der Waals surface area (Å²) < 4.78 is 6.11. The van der Waals surface area contributed by atoms with Crippen LogP contribution in [0.4, 0.5) is 0 Å². The van der Waals surface area contributed by atoms with Gasteiger partial charge in [-0.1, -0.05) is 6.42 Å². The summed E-state index contributed by atoms with van der Waals surface area (Å²) in [4.78, 5) is 23.7. The lowest BCUT2D eigenvalue weighted by Gasteiger charge is -2.10. The van der Waals surface area contributed by atoms with Crippen LogP contribution in [0.1, 0.15) is 30.5 Å². The fraction of sp³-hybridized carbons (Fsp3) is 0.643. The molecule has 0 saturated carbocycles. The van der Waals surface area contributed by atoms with Crippen LogP contribution in [0.5, 0.6) is 0 Å². The van der Waals surface area contributed by atoms with Crippen molar-refractivity contribution in [1.82, 2.24) is 15.1 Å². The van der Waals surface area contributed by atoms with E-state index in [2.05, 4.69) is 10.4 Å². The molecular weight excluding hydrogens is 258 g/mol. The smallest absolute Gasteiger partial charge is 0.267 e. The molecule has 1 aromatic heterocycles. The Kier molecular flexibility index (Phi) is 5.29. The second kappa shape index (κ2) is 7.19. The van der Waals surface area contributed by atoms with E-state index in [1.807, 2.05) is 0 Å². The van der Waals surface area contributed by atoms with Gasteiger partial charge in [0.2, 0.25) is 5.91 Å². The first kappa shape index (κ1) is 14.7. The summed E-state index contributed by atoms with van der Waals surface area (Å²) >= 11 is 0. The van der Waals surface area contributed by atoms with E-state index in [1.165, 1.54) is 11.1 Å². The third-order valence-electron chi connectivity index (χ3n) is 3.45. The maximum absolute atomic E-state index is 12.0. The number of ether oxygens (including phenoxy) is 1. The summed E-state index contributed by atoms with van der Waals surface area (Å²) in [6, 6.07) is 1.64. The first-order valence-corrected chi connectivity index (χ1v) is 7.06. The topological polar surface area (TPSA) is 73.2 Å². The van der Waals surface area contributed by atoms with Crippen molar-refractivity contribution in [3.63, 3.8) is 0 Å². The number of rotatable bonds is 5. The van der Waals surface area contributed by atoms with Crippen LogP contribution >= 0.6 is 0 Å². The molecule has 0 unspecified atom stereocenters. The zero-order valence-corrected chi connectivity index (χ0v) is 11.9. The number of hydrogen-bond acceptors (Lipinski definition) is 4. The number of methoxy groups -OCH3 is 1. The van der Waals surface area contributed by atoms with Crippen molar-refractivity contribution in [2.24, 2.45) is 0 Å². The largest absolute Gasteiger partial charge is 0.383 e. The number of nitrogens with zero attached hydrogens (tertiary/aromatic N) is 2.